The maximum atomic E-state index is 13.0. The zero-order chi connectivity index (χ0) is 22.3. The van der Waals surface area contributed by atoms with Crippen molar-refractivity contribution in [3.8, 4) is 0 Å². The number of piperidine rings is 1. The summed E-state index contributed by atoms with van der Waals surface area (Å²) in [5.74, 6) is -0.573. The van der Waals surface area contributed by atoms with Crippen LogP contribution in [-0.4, -0.2) is 40.6 Å². The summed E-state index contributed by atoms with van der Waals surface area (Å²) in [6.07, 6.45) is 1.19. The van der Waals surface area contributed by atoms with Crippen LogP contribution < -0.4 is 5.32 Å². The first-order chi connectivity index (χ1) is 14.8. The van der Waals surface area contributed by atoms with Crippen molar-refractivity contribution in [2.45, 2.75) is 39.4 Å². The van der Waals surface area contributed by atoms with E-state index in [0.29, 0.717) is 52.8 Å². The predicted octanol–water partition coefficient (Wildman–Crippen LogP) is 4.65. The van der Waals surface area contributed by atoms with Gasteiger partial charge in [0.15, 0.2) is 0 Å². The highest BCUT2D eigenvalue weighted by molar-refractivity contribution is 6.42. The van der Waals surface area contributed by atoms with Crippen LogP contribution in [0.5, 0.6) is 0 Å². The van der Waals surface area contributed by atoms with Crippen molar-refractivity contribution in [3.63, 3.8) is 0 Å². The molecule has 32 heavy (non-hydrogen) atoms. The molecule has 0 spiro atoms. The van der Waals surface area contributed by atoms with E-state index in [-0.39, 0.29) is 25.1 Å². The van der Waals surface area contributed by atoms with Crippen LogP contribution in [0.1, 0.15) is 52.1 Å². The van der Waals surface area contributed by atoms with Crippen molar-refractivity contribution in [1.29, 1.82) is 0 Å². The number of carbonyl (C=O) groups excluding carboxylic acids is 3. The molecule has 0 radical (unpaired) electrons. The summed E-state index contributed by atoms with van der Waals surface area (Å²) in [7, 11) is 1.69. The van der Waals surface area contributed by atoms with Gasteiger partial charge in [-0.05, 0) is 48.2 Å². The van der Waals surface area contributed by atoms with E-state index in [1.165, 1.54) is 0 Å². The fourth-order valence-electron chi connectivity index (χ4n) is 4.05. The first-order valence-corrected chi connectivity index (χ1v) is 10.6. The quantitative estimate of drug-likeness (QED) is 0.702. The second-order valence-electron chi connectivity index (χ2n) is 7.81. The van der Waals surface area contributed by atoms with Gasteiger partial charge in [0.05, 0.1) is 10.0 Å². The molecule has 2 heterocycles. The Hall–Kier alpha value is -2.83. The molecule has 1 N–H and O–H groups in total. The summed E-state index contributed by atoms with van der Waals surface area (Å²) < 4.78 is 0. The summed E-state index contributed by atoms with van der Waals surface area (Å²) in [5, 5.41) is 3.44. The van der Waals surface area contributed by atoms with Crippen LogP contribution in [0.2, 0.25) is 10.0 Å². The molecular formula is C24H25Cl2N3O3. The lowest BCUT2D eigenvalue weighted by Gasteiger charge is -2.31. The lowest BCUT2D eigenvalue weighted by Crippen LogP contribution is -2.49. The molecule has 168 valence electrons. The third-order valence-corrected chi connectivity index (χ3v) is 6.45. The Balaban J connectivity index is 0.00000289. The topological polar surface area (TPSA) is 69.7 Å². The Morgan fingerprint density at radius 1 is 1.22 bits per heavy atom. The van der Waals surface area contributed by atoms with E-state index in [9.17, 15) is 14.4 Å². The minimum absolute atomic E-state index is 0. The predicted molar refractivity (Wildman–Crippen MR) is 126 cm³/mol. The Labute approximate surface area is 197 Å². The Morgan fingerprint density at radius 3 is 2.66 bits per heavy atom. The van der Waals surface area contributed by atoms with Crippen molar-refractivity contribution >= 4 is 40.9 Å². The summed E-state index contributed by atoms with van der Waals surface area (Å²) in [5.41, 5.74) is 3.39. The van der Waals surface area contributed by atoms with Crippen molar-refractivity contribution in [2.24, 2.45) is 0 Å². The number of halogens is 2. The van der Waals surface area contributed by atoms with Gasteiger partial charge in [-0.2, -0.15) is 0 Å². The molecule has 2 aromatic carbocycles. The van der Waals surface area contributed by atoms with E-state index >= 15 is 0 Å². The number of fused-ring (bicyclic) bond motifs is 1. The van der Waals surface area contributed by atoms with Crippen LogP contribution >= 0.6 is 23.2 Å². The zero-order valence-electron chi connectivity index (χ0n) is 17.0. The van der Waals surface area contributed by atoms with Gasteiger partial charge in [-0.15, -0.1) is 0 Å². The van der Waals surface area contributed by atoms with Crippen LogP contribution in [0.25, 0.3) is 0 Å². The van der Waals surface area contributed by atoms with Gasteiger partial charge in [0.2, 0.25) is 5.91 Å². The molecular weight excluding hydrogens is 449 g/mol. The average Bonchev–Trinajstić information content (AvgIpc) is 3.07. The SMILES string of the molecule is C.C=C1CCC(N2Cc3c(CN(C)C(=O)c4ccc(Cl)c(Cl)c4)cccc3C2=O)C(=O)N1. The second-order valence-corrected chi connectivity index (χ2v) is 8.63. The van der Waals surface area contributed by atoms with Crippen LogP contribution in [-0.2, 0) is 17.9 Å². The smallest absolute Gasteiger partial charge is 0.255 e. The molecule has 2 aromatic rings. The van der Waals surface area contributed by atoms with Gasteiger partial charge in [0.1, 0.15) is 6.04 Å². The average molecular weight is 474 g/mol. The maximum absolute atomic E-state index is 13.0. The Morgan fingerprint density at radius 2 is 1.97 bits per heavy atom. The highest BCUT2D eigenvalue weighted by atomic mass is 35.5. The number of rotatable bonds is 4. The van der Waals surface area contributed by atoms with Crippen molar-refractivity contribution in [2.75, 3.05) is 7.05 Å². The number of hydrogen-bond donors (Lipinski definition) is 1. The van der Waals surface area contributed by atoms with E-state index in [1.54, 1.807) is 47.2 Å². The van der Waals surface area contributed by atoms with Crippen molar-refractivity contribution < 1.29 is 14.4 Å². The van der Waals surface area contributed by atoms with Gasteiger partial charge in [-0.25, -0.2) is 0 Å². The summed E-state index contributed by atoms with van der Waals surface area (Å²) in [6.45, 7) is 4.45. The molecule has 4 rings (SSSR count). The molecule has 1 fully saturated rings. The molecule has 6 nitrogen and oxygen atoms in total. The Kier molecular flexibility index (Phi) is 6.96. The molecule has 3 amide bonds. The third kappa shape index (κ3) is 4.38. The largest absolute Gasteiger partial charge is 0.337 e. The number of hydrogen-bond acceptors (Lipinski definition) is 3. The van der Waals surface area contributed by atoms with E-state index in [0.717, 1.165) is 11.1 Å². The van der Waals surface area contributed by atoms with Crippen LogP contribution in [0.4, 0.5) is 0 Å². The minimum atomic E-state index is -0.520. The molecule has 0 bridgehead atoms. The van der Waals surface area contributed by atoms with Crippen molar-refractivity contribution in [1.82, 2.24) is 15.1 Å². The molecule has 8 heteroatoms. The number of nitrogens with zero attached hydrogens (tertiary/aromatic N) is 2. The molecule has 2 aliphatic rings. The second kappa shape index (κ2) is 9.35. The van der Waals surface area contributed by atoms with Gasteiger partial charge in [-0.1, -0.05) is 49.3 Å². The molecule has 1 atom stereocenters. The number of carbonyl (C=O) groups is 3. The van der Waals surface area contributed by atoms with Gasteiger partial charge in [0, 0.05) is 37.0 Å². The number of allylic oxidation sites excluding steroid dienone is 1. The monoisotopic (exact) mass is 473 g/mol. The highest BCUT2D eigenvalue weighted by Gasteiger charge is 2.39. The van der Waals surface area contributed by atoms with E-state index in [4.69, 9.17) is 23.2 Å². The normalized spacial score (nSPS) is 17.5. The summed E-state index contributed by atoms with van der Waals surface area (Å²) in [6, 6.07) is 9.70. The maximum Gasteiger partial charge on any atom is 0.255 e. The van der Waals surface area contributed by atoms with Gasteiger partial charge >= 0.3 is 0 Å². The highest BCUT2D eigenvalue weighted by Crippen LogP contribution is 2.31. The minimum Gasteiger partial charge on any atom is -0.337 e. The summed E-state index contributed by atoms with van der Waals surface area (Å²) >= 11 is 12.0. The first kappa shape index (κ1) is 23.8. The number of amides is 3. The van der Waals surface area contributed by atoms with Crippen LogP contribution in [0.3, 0.4) is 0 Å². The molecule has 0 saturated carbocycles. The number of nitrogens with one attached hydrogen (secondary N) is 1. The lowest BCUT2D eigenvalue weighted by atomic mass is 10.0. The zero-order valence-corrected chi connectivity index (χ0v) is 18.5. The van der Waals surface area contributed by atoms with Gasteiger partial charge in [-0.3, -0.25) is 14.4 Å². The van der Waals surface area contributed by atoms with Crippen LogP contribution in [0, 0.1) is 0 Å². The number of benzene rings is 2. The molecule has 2 aliphatic heterocycles. The van der Waals surface area contributed by atoms with E-state index in [2.05, 4.69) is 11.9 Å². The molecule has 0 aromatic heterocycles. The standard InChI is InChI=1S/C23H21Cl2N3O3.CH4/c1-13-6-9-20(21(29)26-13)28-12-17-15(4-3-5-16(17)23(28)31)11-27(2)22(30)14-7-8-18(24)19(25)10-14;/h3-5,7-8,10,20H,1,6,9,11-12H2,2H3,(H,26,29);1H4. The third-order valence-electron chi connectivity index (χ3n) is 5.71. The van der Waals surface area contributed by atoms with E-state index in [1.807, 2.05) is 6.07 Å². The molecule has 1 saturated heterocycles. The molecule has 1 unspecified atom stereocenters. The lowest BCUT2D eigenvalue weighted by molar-refractivity contribution is -0.126. The molecule has 0 aliphatic carbocycles. The van der Waals surface area contributed by atoms with Crippen molar-refractivity contribution in [3.05, 3.63) is 81.0 Å². The first-order valence-electron chi connectivity index (χ1n) is 9.87. The fourth-order valence-corrected chi connectivity index (χ4v) is 4.35. The van der Waals surface area contributed by atoms with E-state index < -0.39 is 6.04 Å². The fraction of sp³-hybridized carbons (Fsp3) is 0.292. The Bertz CT molecular complexity index is 1120. The van der Waals surface area contributed by atoms with Crippen LogP contribution in [0.15, 0.2) is 48.7 Å². The summed E-state index contributed by atoms with van der Waals surface area (Å²) in [4.78, 5) is 41.4. The van der Waals surface area contributed by atoms with Gasteiger partial charge < -0.3 is 15.1 Å². The van der Waals surface area contributed by atoms with Gasteiger partial charge in [0.25, 0.3) is 11.8 Å².